The summed E-state index contributed by atoms with van der Waals surface area (Å²) < 4.78 is 30.9. The van der Waals surface area contributed by atoms with E-state index in [0.717, 1.165) is 71.6 Å². The fourth-order valence-electron chi connectivity index (χ4n) is 9.47. The molecule has 4 aliphatic rings. The molecule has 0 unspecified atom stereocenters. The van der Waals surface area contributed by atoms with E-state index in [9.17, 15) is 23.4 Å². The van der Waals surface area contributed by atoms with Crippen LogP contribution in [0.5, 0.6) is 0 Å². The molecule has 276 valence electrons. The zero-order valence-corrected chi connectivity index (χ0v) is 32.2. The minimum absolute atomic E-state index is 0.0178. The summed E-state index contributed by atoms with van der Waals surface area (Å²) in [5.41, 5.74) is 2.66. The highest BCUT2D eigenvalue weighted by Gasteiger charge is 2.58. The second-order valence-corrected chi connectivity index (χ2v) is 19.1. The van der Waals surface area contributed by atoms with E-state index >= 15 is 0 Å². The molecule has 2 N–H and O–H groups in total. The van der Waals surface area contributed by atoms with Crippen molar-refractivity contribution in [3.8, 4) is 0 Å². The molecule has 6 nitrogen and oxygen atoms in total. The fraction of sp³-hybridized carbons (Fsp3) is 0.477. The van der Waals surface area contributed by atoms with Crippen molar-refractivity contribution in [2.75, 3.05) is 6.54 Å². The van der Waals surface area contributed by atoms with Crippen LogP contribution in [0.15, 0.2) is 94.0 Å². The van der Waals surface area contributed by atoms with Gasteiger partial charge in [-0.2, -0.15) is 4.31 Å². The first-order valence-corrected chi connectivity index (χ1v) is 21.5. The quantitative estimate of drug-likeness (QED) is 0.139. The van der Waals surface area contributed by atoms with Gasteiger partial charge in [0, 0.05) is 30.0 Å². The van der Waals surface area contributed by atoms with E-state index in [1.165, 1.54) is 21.2 Å². The topological polar surface area (TPSA) is 94.9 Å². The molecule has 52 heavy (non-hydrogen) atoms. The average molecular weight is 740 g/mol. The molecule has 1 heterocycles. The maximum atomic E-state index is 14.5. The van der Waals surface area contributed by atoms with Crippen LogP contribution in [-0.2, 0) is 23.0 Å². The van der Waals surface area contributed by atoms with Gasteiger partial charge in [-0.15, -0.1) is 11.3 Å². The molecule has 0 amide bonds. The van der Waals surface area contributed by atoms with Gasteiger partial charge in [0.15, 0.2) is 5.78 Å². The number of aliphatic hydroxyl groups excluding tert-OH is 1. The summed E-state index contributed by atoms with van der Waals surface area (Å²) in [5, 5.41) is 28.0. The molecular formula is C44H53NO5S2. The number of carbonyl (C=O) groups is 1. The Balaban J connectivity index is 1.32. The predicted molar refractivity (Wildman–Crippen MR) is 210 cm³/mol. The van der Waals surface area contributed by atoms with Crippen molar-refractivity contribution in [2.24, 2.45) is 11.3 Å². The molecule has 8 rings (SSSR count). The largest absolute Gasteiger partial charge is 0.393 e. The first-order chi connectivity index (χ1) is 25.0. The summed E-state index contributed by atoms with van der Waals surface area (Å²) in [4.78, 5) is 14.5. The Kier molecular flexibility index (Phi) is 10.9. The van der Waals surface area contributed by atoms with Crippen LogP contribution < -0.4 is 0 Å². The molecule has 0 saturated heterocycles. The Morgan fingerprint density at radius 2 is 1.73 bits per heavy atom. The third-order valence-electron chi connectivity index (χ3n) is 12.7. The van der Waals surface area contributed by atoms with E-state index < -0.39 is 27.1 Å². The fourth-order valence-corrected chi connectivity index (χ4v) is 12.1. The second kappa shape index (κ2) is 15.3. The normalized spacial score (nSPS) is 26.3. The van der Waals surface area contributed by atoms with Crippen molar-refractivity contribution in [2.45, 2.75) is 119 Å². The molecule has 2 bridgehead atoms. The lowest BCUT2D eigenvalue weighted by molar-refractivity contribution is -0.0731. The third kappa shape index (κ3) is 7.34. The highest BCUT2D eigenvalue weighted by atomic mass is 32.2. The number of carbonyl (C=O) groups excluding carboxylic acids is 1. The van der Waals surface area contributed by atoms with Gasteiger partial charge in [-0.05, 0) is 116 Å². The third-order valence-corrected chi connectivity index (χ3v) is 15.8. The minimum Gasteiger partial charge on any atom is -0.393 e. The monoisotopic (exact) mass is 739 g/mol. The van der Waals surface area contributed by atoms with Crippen LogP contribution in [0, 0.1) is 11.3 Å². The standard InChI is InChI=1S/C44H53NO5S2/c1-31-11-9-24-43(2)40(38-22-20-32(27-36(46)21-19-31)28-39(38)42(47)34-13-4-3-5-14-34)23-25-44(43,48)30-45(52(49,50)41-18-10-26-51-41)29-35-16-8-15-33-12-6-7-17-37(33)35/h6-8,10-12,15-18,20,22,26,28,34,36,40,46,48H,3-5,9,13-14,19,21,23-25,27,29-30H2,1-2H3/t36-,40-,43-,44+/m0/s1. The maximum absolute atomic E-state index is 14.5. The zero-order valence-electron chi connectivity index (χ0n) is 30.6. The summed E-state index contributed by atoms with van der Waals surface area (Å²) in [6, 6.07) is 23.6. The summed E-state index contributed by atoms with van der Waals surface area (Å²) in [7, 11) is -3.96. The lowest BCUT2D eigenvalue weighted by Gasteiger charge is -2.46. The van der Waals surface area contributed by atoms with E-state index in [1.54, 1.807) is 17.5 Å². The van der Waals surface area contributed by atoms with Crippen molar-refractivity contribution in [3.05, 3.63) is 112 Å². The molecule has 4 aliphatic carbocycles. The Morgan fingerprint density at radius 3 is 2.52 bits per heavy atom. The number of aliphatic hydroxyl groups is 2. The Hall–Kier alpha value is -3.14. The average Bonchev–Trinajstić information content (AvgIpc) is 3.78. The number of fused-ring (bicyclic) bond motifs is 9. The van der Waals surface area contributed by atoms with Crippen LogP contribution in [0.25, 0.3) is 10.8 Å². The van der Waals surface area contributed by atoms with E-state index in [0.29, 0.717) is 38.5 Å². The van der Waals surface area contributed by atoms with Gasteiger partial charge in [0.05, 0.1) is 11.7 Å². The van der Waals surface area contributed by atoms with Crippen molar-refractivity contribution >= 4 is 37.9 Å². The molecule has 0 spiro atoms. The number of benzene rings is 3. The number of hydrogen-bond donors (Lipinski definition) is 2. The number of Topliss-reactive ketones (excluding diaryl/α,β-unsaturated/α-hetero) is 1. The first-order valence-electron chi connectivity index (χ1n) is 19.2. The van der Waals surface area contributed by atoms with Crippen LogP contribution in [0.3, 0.4) is 0 Å². The van der Waals surface area contributed by atoms with Crippen LogP contribution in [0.2, 0.25) is 0 Å². The maximum Gasteiger partial charge on any atom is 0.252 e. The molecule has 2 fully saturated rings. The number of rotatable bonds is 8. The minimum atomic E-state index is -3.96. The molecule has 4 atom stereocenters. The highest BCUT2D eigenvalue weighted by Crippen LogP contribution is 2.59. The van der Waals surface area contributed by atoms with E-state index in [1.807, 2.05) is 48.5 Å². The molecule has 1 aromatic heterocycles. The van der Waals surface area contributed by atoms with Gasteiger partial charge < -0.3 is 10.2 Å². The summed E-state index contributed by atoms with van der Waals surface area (Å²) >= 11 is 1.20. The summed E-state index contributed by atoms with van der Waals surface area (Å²) in [5.74, 6) is 0.0137. The number of thiophene rings is 1. The molecular weight excluding hydrogens is 687 g/mol. The van der Waals surface area contributed by atoms with Crippen LogP contribution in [0.4, 0.5) is 0 Å². The highest BCUT2D eigenvalue weighted by molar-refractivity contribution is 7.91. The number of nitrogens with zero attached hydrogens (tertiary/aromatic N) is 1. The van der Waals surface area contributed by atoms with E-state index in [-0.39, 0.29) is 34.9 Å². The Labute approximate surface area is 313 Å². The first kappa shape index (κ1) is 37.2. The van der Waals surface area contributed by atoms with Gasteiger partial charge in [0.2, 0.25) is 0 Å². The smallest absolute Gasteiger partial charge is 0.252 e. The van der Waals surface area contributed by atoms with Crippen molar-refractivity contribution < 1.29 is 23.4 Å². The van der Waals surface area contributed by atoms with Crippen LogP contribution in [0.1, 0.15) is 117 Å². The number of allylic oxidation sites excluding steroid dienone is 2. The molecule has 8 heteroatoms. The van der Waals surface area contributed by atoms with Crippen molar-refractivity contribution in [3.63, 3.8) is 0 Å². The molecule has 0 radical (unpaired) electrons. The van der Waals surface area contributed by atoms with Gasteiger partial charge in [-0.3, -0.25) is 4.79 Å². The van der Waals surface area contributed by atoms with Gasteiger partial charge in [-0.25, -0.2) is 8.42 Å². The molecule has 2 saturated carbocycles. The summed E-state index contributed by atoms with van der Waals surface area (Å²) in [6.45, 7) is 4.32. The second-order valence-electron chi connectivity index (χ2n) is 16.0. The molecule has 4 aromatic rings. The van der Waals surface area contributed by atoms with Gasteiger partial charge >= 0.3 is 0 Å². The lowest BCUT2D eigenvalue weighted by Crippen LogP contribution is -2.53. The number of sulfonamides is 1. The summed E-state index contributed by atoms with van der Waals surface area (Å²) in [6.07, 6.45) is 11.1. The van der Waals surface area contributed by atoms with E-state index in [4.69, 9.17) is 0 Å². The van der Waals surface area contributed by atoms with Crippen LogP contribution in [-0.4, -0.2) is 47.0 Å². The Bertz CT molecular complexity index is 2030. The SMILES string of the molecule is CC1=CCC[C@@]2(C)[C@@H](CC[C@@]2(O)CN(Cc2cccc3ccccc23)S(=O)(=O)c2cccs2)c2ccc(cc2C(=O)C2CCCCC2)C[C@@H](O)CC1. The number of ketones is 1. The lowest BCUT2D eigenvalue weighted by atomic mass is 9.64. The number of hydrogen-bond acceptors (Lipinski definition) is 6. The van der Waals surface area contributed by atoms with Gasteiger partial charge in [-0.1, -0.05) is 98.5 Å². The zero-order chi connectivity index (χ0) is 36.5. The van der Waals surface area contributed by atoms with Gasteiger partial charge in [0.1, 0.15) is 4.21 Å². The van der Waals surface area contributed by atoms with Crippen molar-refractivity contribution in [1.29, 1.82) is 0 Å². The van der Waals surface area contributed by atoms with Gasteiger partial charge in [0.25, 0.3) is 10.0 Å². The molecule has 3 aromatic carbocycles. The van der Waals surface area contributed by atoms with E-state index in [2.05, 4.69) is 32.1 Å². The van der Waals surface area contributed by atoms with Crippen molar-refractivity contribution in [1.82, 2.24) is 4.31 Å². The van der Waals surface area contributed by atoms with Crippen LogP contribution >= 0.6 is 11.3 Å². The predicted octanol–water partition coefficient (Wildman–Crippen LogP) is 9.59. The molecule has 0 aliphatic heterocycles. The Morgan fingerprint density at radius 1 is 0.942 bits per heavy atom.